The van der Waals surface area contributed by atoms with Crippen LogP contribution >= 0.6 is 0 Å². The summed E-state index contributed by atoms with van der Waals surface area (Å²) in [6.45, 7) is 3.28. The van der Waals surface area contributed by atoms with E-state index in [-0.39, 0.29) is 18.0 Å². The van der Waals surface area contributed by atoms with Gasteiger partial charge in [0.15, 0.2) is 0 Å². The Morgan fingerprint density at radius 2 is 1.88 bits per heavy atom. The zero-order valence-corrected chi connectivity index (χ0v) is 13.3. The van der Waals surface area contributed by atoms with Crippen LogP contribution in [0.25, 0.3) is 0 Å². The van der Waals surface area contributed by atoms with Gasteiger partial charge in [0.2, 0.25) is 5.91 Å². The fraction of sp³-hybridized carbons (Fsp3) is 0.312. The number of hydrogen-bond acceptors (Lipinski definition) is 5. The van der Waals surface area contributed by atoms with Crippen molar-refractivity contribution in [3.8, 4) is 5.75 Å². The van der Waals surface area contributed by atoms with Crippen molar-refractivity contribution in [1.29, 1.82) is 0 Å². The third-order valence-corrected chi connectivity index (χ3v) is 3.73. The Balaban J connectivity index is 2.00. The maximum atomic E-state index is 12.1. The number of phenols is 1. The lowest BCUT2D eigenvalue weighted by molar-refractivity contribution is -0.149. The fourth-order valence-corrected chi connectivity index (χ4v) is 2.43. The molecule has 1 aromatic carbocycles. The van der Waals surface area contributed by atoms with Crippen LogP contribution in [0, 0.1) is 0 Å². The maximum absolute atomic E-state index is 12.1. The summed E-state index contributed by atoms with van der Waals surface area (Å²) in [6.07, 6.45) is 0. The van der Waals surface area contributed by atoms with E-state index in [1.165, 1.54) is 24.3 Å². The largest absolute Gasteiger partial charge is 0.508 e. The van der Waals surface area contributed by atoms with E-state index in [0.29, 0.717) is 11.1 Å². The molecule has 2 atom stereocenters. The Hall–Kier alpha value is -2.87. The Labute approximate surface area is 138 Å². The Kier molecular flexibility index (Phi) is 4.89. The highest BCUT2D eigenvalue weighted by molar-refractivity contribution is 6.00. The lowest BCUT2D eigenvalue weighted by atomic mass is 10.0. The number of likely N-dealkylation sites (tertiary alicyclic amines) is 1. The average molecular weight is 333 g/mol. The smallest absolute Gasteiger partial charge is 0.352 e. The van der Waals surface area contributed by atoms with Crippen molar-refractivity contribution in [2.45, 2.75) is 25.9 Å². The van der Waals surface area contributed by atoms with Crippen LogP contribution in [0.2, 0.25) is 0 Å². The molecule has 8 heteroatoms. The normalized spacial score (nSPS) is 17.7. The van der Waals surface area contributed by atoms with Crippen molar-refractivity contribution in [3.63, 3.8) is 0 Å². The average Bonchev–Trinajstić information content (AvgIpc) is 2.52. The second-order valence-corrected chi connectivity index (χ2v) is 5.73. The first-order valence-corrected chi connectivity index (χ1v) is 7.29. The van der Waals surface area contributed by atoms with Crippen molar-refractivity contribution < 1.29 is 24.6 Å². The summed E-state index contributed by atoms with van der Waals surface area (Å²) in [7, 11) is 0. The Bertz CT molecular complexity index is 707. The number of allylic oxidation sites excluding steroid dienone is 1. The quantitative estimate of drug-likeness (QED) is 0.446. The lowest BCUT2D eigenvalue weighted by Crippen LogP contribution is -2.64. The molecule has 0 aliphatic carbocycles. The number of rotatable bonds is 5. The van der Waals surface area contributed by atoms with Crippen molar-refractivity contribution in [3.05, 3.63) is 41.1 Å². The van der Waals surface area contributed by atoms with E-state index in [1.807, 2.05) is 0 Å². The number of nitrogens with two attached hydrogens (primary N) is 1. The van der Waals surface area contributed by atoms with Gasteiger partial charge >= 0.3 is 5.97 Å². The Morgan fingerprint density at radius 1 is 1.29 bits per heavy atom. The molecule has 1 fully saturated rings. The molecule has 0 bridgehead atoms. The van der Waals surface area contributed by atoms with Gasteiger partial charge in [-0.05, 0) is 37.1 Å². The second-order valence-electron chi connectivity index (χ2n) is 5.73. The molecule has 2 rings (SSSR count). The number of phenolic OH excluding ortho intramolecular Hbond substituents is 1. The monoisotopic (exact) mass is 333 g/mol. The zero-order chi connectivity index (χ0) is 18.0. The Morgan fingerprint density at radius 3 is 2.33 bits per heavy atom. The number of aromatic hydroxyl groups is 1. The topological polar surface area (TPSA) is 133 Å². The highest BCUT2D eigenvalue weighted by Crippen LogP contribution is 2.21. The molecule has 8 nitrogen and oxygen atoms in total. The second kappa shape index (κ2) is 6.71. The van der Waals surface area contributed by atoms with Crippen LogP contribution in [0.4, 0.5) is 0 Å². The molecule has 1 aliphatic heterocycles. The molecule has 1 aromatic rings. The van der Waals surface area contributed by atoms with Gasteiger partial charge in [-0.2, -0.15) is 0 Å². The van der Waals surface area contributed by atoms with Gasteiger partial charge in [-0.25, -0.2) is 4.79 Å². The van der Waals surface area contributed by atoms with Crippen molar-refractivity contribution in [2.75, 3.05) is 6.54 Å². The van der Waals surface area contributed by atoms with E-state index >= 15 is 0 Å². The van der Waals surface area contributed by atoms with E-state index in [2.05, 4.69) is 5.32 Å². The van der Waals surface area contributed by atoms with Gasteiger partial charge in [-0.1, -0.05) is 12.1 Å². The highest BCUT2D eigenvalue weighted by atomic mass is 16.4. The molecule has 24 heavy (non-hydrogen) atoms. The van der Waals surface area contributed by atoms with Crippen LogP contribution in [0.3, 0.4) is 0 Å². The molecular weight excluding hydrogens is 314 g/mol. The molecule has 0 spiro atoms. The zero-order valence-electron chi connectivity index (χ0n) is 13.3. The van der Waals surface area contributed by atoms with E-state index in [1.54, 1.807) is 13.8 Å². The summed E-state index contributed by atoms with van der Waals surface area (Å²) in [5.41, 5.74) is 6.75. The van der Waals surface area contributed by atoms with Gasteiger partial charge in [-0.3, -0.25) is 9.59 Å². The summed E-state index contributed by atoms with van der Waals surface area (Å²) >= 11 is 0. The molecule has 2 amide bonds. The predicted molar refractivity (Wildman–Crippen MR) is 84.7 cm³/mol. The number of aliphatic carboxylic acids is 1. The molecule has 1 aliphatic rings. The van der Waals surface area contributed by atoms with Gasteiger partial charge in [0.05, 0.1) is 6.54 Å². The SMILES string of the molecule is CC(C)=C(C(=O)O)N1CC(NC(=O)[C@H](N)c2ccc(O)cc2)C1=O. The maximum Gasteiger partial charge on any atom is 0.352 e. The van der Waals surface area contributed by atoms with Crippen LogP contribution in [0.15, 0.2) is 35.5 Å². The van der Waals surface area contributed by atoms with Crippen LogP contribution in [0.1, 0.15) is 25.5 Å². The molecule has 5 N–H and O–H groups in total. The van der Waals surface area contributed by atoms with Crippen LogP contribution in [-0.4, -0.2) is 45.5 Å². The molecule has 0 aromatic heterocycles. The van der Waals surface area contributed by atoms with Crippen LogP contribution < -0.4 is 11.1 Å². The molecule has 128 valence electrons. The van der Waals surface area contributed by atoms with E-state index < -0.39 is 29.9 Å². The first kappa shape index (κ1) is 17.5. The van der Waals surface area contributed by atoms with Crippen LogP contribution in [0.5, 0.6) is 5.75 Å². The number of nitrogens with zero attached hydrogens (tertiary/aromatic N) is 1. The van der Waals surface area contributed by atoms with E-state index in [9.17, 15) is 19.5 Å². The van der Waals surface area contributed by atoms with Gasteiger partial charge in [0, 0.05) is 0 Å². The standard InChI is InChI=1S/C16H19N3O5/c1-8(2)13(16(23)24)19-7-11(15(19)22)18-14(21)12(17)9-3-5-10(20)6-4-9/h3-6,11-12,20H,7,17H2,1-2H3,(H,18,21)(H,23,24)/t11?,12-/m1/s1. The molecule has 1 unspecified atom stereocenters. The number of carbonyl (C=O) groups is 3. The van der Waals surface area contributed by atoms with Gasteiger partial charge in [0.1, 0.15) is 23.5 Å². The predicted octanol–water partition coefficient (Wildman–Crippen LogP) is 0.0975. The number of nitrogens with one attached hydrogen (secondary N) is 1. The minimum Gasteiger partial charge on any atom is -0.508 e. The number of hydrogen-bond donors (Lipinski definition) is 4. The minimum atomic E-state index is -1.19. The van der Waals surface area contributed by atoms with Crippen LogP contribution in [-0.2, 0) is 14.4 Å². The third kappa shape index (κ3) is 3.38. The van der Waals surface area contributed by atoms with Gasteiger partial charge in [0.25, 0.3) is 5.91 Å². The summed E-state index contributed by atoms with van der Waals surface area (Å²) in [5.74, 6) is -2.17. The molecule has 0 radical (unpaired) electrons. The summed E-state index contributed by atoms with van der Waals surface area (Å²) < 4.78 is 0. The van der Waals surface area contributed by atoms with E-state index in [4.69, 9.17) is 10.8 Å². The number of carboxylic acids is 1. The number of amides is 2. The number of carboxylic acid groups (broad SMARTS) is 1. The van der Waals surface area contributed by atoms with Gasteiger partial charge in [-0.15, -0.1) is 0 Å². The lowest BCUT2D eigenvalue weighted by Gasteiger charge is -2.39. The third-order valence-electron chi connectivity index (χ3n) is 3.73. The molecule has 1 heterocycles. The first-order chi connectivity index (χ1) is 11.2. The fourth-order valence-electron chi connectivity index (χ4n) is 2.43. The van der Waals surface area contributed by atoms with Crippen molar-refractivity contribution in [2.24, 2.45) is 5.73 Å². The van der Waals surface area contributed by atoms with Crippen molar-refractivity contribution >= 4 is 17.8 Å². The van der Waals surface area contributed by atoms with Crippen molar-refractivity contribution in [1.82, 2.24) is 10.2 Å². The molecular formula is C16H19N3O5. The minimum absolute atomic E-state index is 0.0547. The van der Waals surface area contributed by atoms with Gasteiger partial charge < -0.3 is 26.2 Å². The first-order valence-electron chi connectivity index (χ1n) is 7.29. The summed E-state index contributed by atoms with van der Waals surface area (Å²) in [5, 5.41) is 20.9. The highest BCUT2D eigenvalue weighted by Gasteiger charge is 2.42. The number of benzene rings is 1. The molecule has 1 saturated heterocycles. The summed E-state index contributed by atoms with van der Waals surface area (Å²) in [4.78, 5) is 36.5. The van der Waals surface area contributed by atoms with E-state index in [0.717, 1.165) is 4.90 Å². The molecule has 0 saturated carbocycles. The summed E-state index contributed by atoms with van der Waals surface area (Å²) in [6, 6.07) is 4.06. The number of carbonyl (C=O) groups excluding carboxylic acids is 2. The number of β-lactam (4-membered cyclic amide) rings is 1.